The van der Waals surface area contributed by atoms with Gasteiger partial charge in [0.05, 0.1) is 5.69 Å². The van der Waals surface area contributed by atoms with Crippen molar-refractivity contribution in [1.29, 1.82) is 0 Å². The molecule has 3 N–H and O–H groups in total. The molecule has 0 aliphatic rings. The number of nitrogens with two attached hydrogens (primary N) is 1. The second kappa shape index (κ2) is 6.37. The maximum atomic E-state index is 5.62. The first-order chi connectivity index (χ1) is 9.51. The summed E-state index contributed by atoms with van der Waals surface area (Å²) < 4.78 is 2.80. The van der Waals surface area contributed by atoms with Crippen LogP contribution in [0.25, 0.3) is 0 Å². The Kier molecular flexibility index (Phi) is 4.77. The molecule has 0 radical (unpaired) electrons. The van der Waals surface area contributed by atoms with Gasteiger partial charge in [-0.3, -0.25) is 4.68 Å². The molecule has 1 aromatic heterocycles. The first kappa shape index (κ1) is 15.0. The smallest absolute Gasteiger partial charge is 0.104 e. The van der Waals surface area contributed by atoms with E-state index in [1.54, 1.807) is 0 Å². The van der Waals surface area contributed by atoms with Crippen molar-refractivity contribution in [2.24, 2.45) is 12.8 Å². The molecule has 20 heavy (non-hydrogen) atoms. The average molecular weight is 353 g/mol. The van der Waals surface area contributed by atoms with Crippen LogP contribution in [-0.4, -0.2) is 14.8 Å². The zero-order chi connectivity index (χ0) is 14.7. The van der Waals surface area contributed by atoms with E-state index in [1.807, 2.05) is 36.1 Å². The van der Waals surface area contributed by atoms with Gasteiger partial charge < -0.3 is 11.1 Å². The predicted octanol–water partition coefficient (Wildman–Crippen LogP) is 2.99. The number of hydrogen-bond donors (Lipinski definition) is 2. The lowest BCUT2D eigenvalue weighted by Crippen LogP contribution is -2.09. The minimum absolute atomic E-state index is 0.401. The highest BCUT2D eigenvalue weighted by molar-refractivity contribution is 9.10. The Hall–Kier alpha value is -1.40. The fourth-order valence-electron chi connectivity index (χ4n) is 2.03. The molecule has 0 spiro atoms. The van der Waals surface area contributed by atoms with Gasteiger partial charge in [0.1, 0.15) is 4.99 Å². The van der Waals surface area contributed by atoms with E-state index in [4.69, 9.17) is 18.0 Å². The van der Waals surface area contributed by atoms with Gasteiger partial charge in [-0.15, -0.1) is 0 Å². The van der Waals surface area contributed by atoms with Crippen molar-refractivity contribution in [2.45, 2.75) is 19.9 Å². The van der Waals surface area contributed by atoms with Crippen LogP contribution in [0.15, 0.2) is 28.9 Å². The minimum atomic E-state index is 0.401. The van der Waals surface area contributed by atoms with E-state index >= 15 is 0 Å². The van der Waals surface area contributed by atoms with Crippen molar-refractivity contribution in [3.8, 4) is 0 Å². The molecule has 0 fully saturated rings. The second-order valence-electron chi connectivity index (χ2n) is 4.54. The molecule has 0 saturated carbocycles. The molecule has 106 valence electrons. The van der Waals surface area contributed by atoms with E-state index in [0.717, 1.165) is 34.4 Å². The summed E-state index contributed by atoms with van der Waals surface area (Å²) in [6.45, 7) is 2.85. The monoisotopic (exact) mass is 352 g/mol. The van der Waals surface area contributed by atoms with Gasteiger partial charge in [0.15, 0.2) is 0 Å². The van der Waals surface area contributed by atoms with Crippen molar-refractivity contribution in [3.05, 3.63) is 45.7 Å². The van der Waals surface area contributed by atoms with Crippen LogP contribution in [0.5, 0.6) is 0 Å². The SMILES string of the molecule is CCc1nn(C)cc1CNc1ccc(C(N)=S)cc1Br. The van der Waals surface area contributed by atoms with Gasteiger partial charge >= 0.3 is 0 Å². The number of anilines is 1. The fraction of sp³-hybridized carbons (Fsp3) is 0.286. The van der Waals surface area contributed by atoms with Crippen LogP contribution in [0.3, 0.4) is 0 Å². The highest BCUT2D eigenvalue weighted by Gasteiger charge is 2.07. The van der Waals surface area contributed by atoms with Crippen LogP contribution in [0, 0.1) is 0 Å². The summed E-state index contributed by atoms with van der Waals surface area (Å²) in [5.74, 6) is 0. The topological polar surface area (TPSA) is 55.9 Å². The average Bonchev–Trinajstić information content (AvgIpc) is 2.77. The zero-order valence-corrected chi connectivity index (χ0v) is 13.9. The lowest BCUT2D eigenvalue weighted by atomic mass is 10.2. The second-order valence-corrected chi connectivity index (χ2v) is 5.83. The normalized spacial score (nSPS) is 10.6. The molecule has 2 rings (SSSR count). The molecule has 0 atom stereocenters. The summed E-state index contributed by atoms with van der Waals surface area (Å²) >= 11 is 8.50. The van der Waals surface area contributed by atoms with E-state index in [9.17, 15) is 0 Å². The Morgan fingerprint density at radius 1 is 1.50 bits per heavy atom. The lowest BCUT2D eigenvalue weighted by molar-refractivity contribution is 0.746. The van der Waals surface area contributed by atoms with E-state index in [2.05, 4.69) is 33.3 Å². The highest BCUT2D eigenvalue weighted by Crippen LogP contribution is 2.24. The van der Waals surface area contributed by atoms with Crippen LogP contribution in [0.1, 0.15) is 23.7 Å². The number of thiocarbonyl (C=S) groups is 1. The summed E-state index contributed by atoms with van der Waals surface area (Å²) in [6, 6.07) is 5.81. The number of hydrogen-bond acceptors (Lipinski definition) is 3. The Morgan fingerprint density at radius 3 is 2.85 bits per heavy atom. The maximum absolute atomic E-state index is 5.62. The van der Waals surface area contributed by atoms with Crippen molar-refractivity contribution in [2.75, 3.05) is 5.32 Å². The molecule has 0 aliphatic carbocycles. The molecule has 6 heteroatoms. The lowest BCUT2D eigenvalue weighted by Gasteiger charge is -2.09. The number of rotatable bonds is 5. The number of halogens is 1. The molecule has 4 nitrogen and oxygen atoms in total. The van der Waals surface area contributed by atoms with Crippen LogP contribution < -0.4 is 11.1 Å². The van der Waals surface area contributed by atoms with Gasteiger partial charge in [-0.25, -0.2) is 0 Å². The third kappa shape index (κ3) is 3.37. The van der Waals surface area contributed by atoms with Crippen LogP contribution >= 0.6 is 28.1 Å². The van der Waals surface area contributed by atoms with Gasteiger partial charge in [-0.1, -0.05) is 19.1 Å². The van der Waals surface area contributed by atoms with Crippen LogP contribution in [0.4, 0.5) is 5.69 Å². The standard InChI is InChI=1S/C14H17BrN4S/c1-3-12-10(8-19(2)18-12)7-17-13-5-4-9(14(16)20)6-11(13)15/h4-6,8,17H,3,7H2,1-2H3,(H2,16,20). The van der Waals surface area contributed by atoms with Crippen molar-refractivity contribution in [1.82, 2.24) is 9.78 Å². The molecule has 1 heterocycles. The van der Waals surface area contributed by atoms with Gasteiger partial charge in [0, 0.05) is 41.1 Å². The molecule has 0 saturated heterocycles. The predicted molar refractivity (Wildman–Crippen MR) is 89.9 cm³/mol. The van der Waals surface area contributed by atoms with Crippen LogP contribution in [0.2, 0.25) is 0 Å². The first-order valence-corrected chi connectivity index (χ1v) is 7.56. The molecular formula is C14H17BrN4S. The number of nitrogens with one attached hydrogen (secondary N) is 1. The number of benzene rings is 1. The molecule has 2 aromatic rings. The largest absolute Gasteiger partial charge is 0.389 e. The molecule has 0 aliphatic heterocycles. The molecule has 1 aromatic carbocycles. The Bertz CT molecular complexity index is 636. The fourth-order valence-corrected chi connectivity index (χ4v) is 2.68. The summed E-state index contributed by atoms with van der Waals surface area (Å²) in [7, 11) is 1.94. The van der Waals surface area contributed by atoms with Gasteiger partial charge in [-0.2, -0.15) is 5.10 Å². The van der Waals surface area contributed by atoms with Gasteiger partial charge in [0.25, 0.3) is 0 Å². The van der Waals surface area contributed by atoms with Crippen molar-refractivity contribution in [3.63, 3.8) is 0 Å². The van der Waals surface area contributed by atoms with Crippen molar-refractivity contribution >= 4 is 38.8 Å². The third-order valence-electron chi connectivity index (χ3n) is 3.05. The number of aryl methyl sites for hydroxylation is 2. The van der Waals surface area contributed by atoms with E-state index in [0.29, 0.717) is 4.99 Å². The van der Waals surface area contributed by atoms with E-state index in [1.165, 1.54) is 5.56 Å². The van der Waals surface area contributed by atoms with E-state index in [-0.39, 0.29) is 0 Å². The Labute approximate surface area is 132 Å². The van der Waals surface area contributed by atoms with Crippen molar-refractivity contribution < 1.29 is 0 Å². The summed E-state index contributed by atoms with van der Waals surface area (Å²) in [5, 5.41) is 7.83. The first-order valence-electron chi connectivity index (χ1n) is 6.36. The Balaban J connectivity index is 2.12. The number of nitrogens with zero attached hydrogens (tertiary/aromatic N) is 2. The van der Waals surface area contributed by atoms with Crippen LogP contribution in [-0.2, 0) is 20.0 Å². The van der Waals surface area contributed by atoms with Gasteiger partial charge in [0.2, 0.25) is 0 Å². The van der Waals surface area contributed by atoms with E-state index < -0.39 is 0 Å². The molecular weight excluding hydrogens is 336 g/mol. The minimum Gasteiger partial charge on any atom is -0.389 e. The zero-order valence-electron chi connectivity index (χ0n) is 11.5. The quantitative estimate of drug-likeness (QED) is 0.812. The summed E-state index contributed by atoms with van der Waals surface area (Å²) in [4.78, 5) is 0.401. The maximum Gasteiger partial charge on any atom is 0.104 e. The highest BCUT2D eigenvalue weighted by atomic mass is 79.9. The molecule has 0 amide bonds. The number of aromatic nitrogens is 2. The Morgan fingerprint density at radius 2 is 2.25 bits per heavy atom. The summed E-state index contributed by atoms with van der Waals surface area (Å²) in [5.41, 5.74) is 9.81. The third-order valence-corrected chi connectivity index (χ3v) is 3.94. The van der Waals surface area contributed by atoms with Gasteiger partial charge in [-0.05, 0) is 40.5 Å². The molecule has 0 bridgehead atoms. The molecule has 0 unspecified atom stereocenters. The summed E-state index contributed by atoms with van der Waals surface area (Å²) in [6.07, 6.45) is 2.97.